The third-order valence-electron chi connectivity index (χ3n) is 1.62. The van der Waals surface area contributed by atoms with E-state index in [-0.39, 0.29) is 23.5 Å². The summed E-state index contributed by atoms with van der Waals surface area (Å²) in [7, 11) is 1.31. The second-order valence-electron chi connectivity index (χ2n) is 2.45. The molecule has 68 valence electrons. The zero-order valence-corrected chi connectivity index (χ0v) is 7.04. The van der Waals surface area contributed by atoms with Crippen molar-refractivity contribution >= 4 is 0 Å². The molecule has 4 heteroatoms. The highest BCUT2D eigenvalue weighted by atomic mass is 19.1. The molecule has 0 saturated carbocycles. The molecule has 0 aromatic heterocycles. The summed E-state index contributed by atoms with van der Waals surface area (Å²) in [5.74, 6) is -0.732. The highest BCUT2D eigenvalue weighted by molar-refractivity contribution is 5.41. The van der Waals surface area contributed by atoms with Crippen LogP contribution < -0.4 is 4.74 Å². The zero-order valence-electron chi connectivity index (χ0n) is 7.04. The van der Waals surface area contributed by atoms with Crippen LogP contribution in [-0.2, 0) is 6.42 Å². The van der Waals surface area contributed by atoms with Gasteiger partial charge in [-0.2, -0.15) is 5.26 Å². The van der Waals surface area contributed by atoms with E-state index in [0.29, 0.717) is 0 Å². The number of methoxy groups -OCH3 is 1. The molecule has 0 unspecified atom stereocenters. The minimum Gasteiger partial charge on any atom is -0.507 e. The Morgan fingerprint density at radius 2 is 2.31 bits per heavy atom. The molecule has 0 atom stereocenters. The lowest BCUT2D eigenvalue weighted by atomic mass is 10.1. The van der Waals surface area contributed by atoms with Gasteiger partial charge in [-0.3, -0.25) is 0 Å². The van der Waals surface area contributed by atoms with Gasteiger partial charge in [-0.15, -0.1) is 0 Å². The number of aromatic hydroxyl groups is 1. The van der Waals surface area contributed by atoms with Gasteiger partial charge >= 0.3 is 0 Å². The van der Waals surface area contributed by atoms with Gasteiger partial charge in [0.1, 0.15) is 5.75 Å². The summed E-state index contributed by atoms with van der Waals surface area (Å²) in [6.07, 6.45) is -0.0211. The molecule has 1 N–H and O–H groups in total. The molecule has 0 spiro atoms. The van der Waals surface area contributed by atoms with E-state index >= 15 is 0 Å². The summed E-state index contributed by atoms with van der Waals surface area (Å²) in [4.78, 5) is 0. The van der Waals surface area contributed by atoms with Crippen molar-refractivity contribution in [1.82, 2.24) is 0 Å². The van der Waals surface area contributed by atoms with E-state index in [9.17, 15) is 9.50 Å². The first kappa shape index (κ1) is 9.33. The van der Waals surface area contributed by atoms with Gasteiger partial charge in [-0.1, -0.05) is 0 Å². The molecule has 0 saturated heterocycles. The van der Waals surface area contributed by atoms with Crippen molar-refractivity contribution in [1.29, 1.82) is 5.26 Å². The van der Waals surface area contributed by atoms with Gasteiger partial charge in [0.25, 0.3) is 0 Å². The van der Waals surface area contributed by atoms with Crippen LogP contribution in [0.4, 0.5) is 4.39 Å². The lowest BCUT2D eigenvalue weighted by Crippen LogP contribution is -1.91. The molecule has 0 aliphatic carbocycles. The summed E-state index contributed by atoms with van der Waals surface area (Å²) in [5.41, 5.74) is 0.265. The molecule has 13 heavy (non-hydrogen) atoms. The average Bonchev–Trinajstić information content (AvgIpc) is 2.11. The minimum atomic E-state index is -0.578. The molecule has 3 nitrogen and oxygen atoms in total. The first-order valence-electron chi connectivity index (χ1n) is 3.61. The average molecular weight is 181 g/mol. The Morgan fingerprint density at radius 1 is 1.62 bits per heavy atom. The van der Waals surface area contributed by atoms with Gasteiger partial charge < -0.3 is 9.84 Å². The van der Waals surface area contributed by atoms with Crippen LogP contribution in [0.2, 0.25) is 0 Å². The molecule has 0 bridgehead atoms. The minimum absolute atomic E-state index is 0.0211. The van der Waals surface area contributed by atoms with Crippen molar-refractivity contribution in [2.45, 2.75) is 6.42 Å². The number of hydrogen-bond donors (Lipinski definition) is 1. The van der Waals surface area contributed by atoms with Gasteiger partial charge in [0, 0.05) is 11.6 Å². The van der Waals surface area contributed by atoms with Crippen LogP contribution in [0, 0.1) is 17.1 Å². The molecule has 1 aromatic carbocycles. The van der Waals surface area contributed by atoms with Crippen LogP contribution in [0.5, 0.6) is 11.5 Å². The van der Waals surface area contributed by atoms with Gasteiger partial charge in [-0.25, -0.2) is 4.39 Å². The SMILES string of the molecule is COc1cc(O)c(CC#N)cc1F. The standard InChI is InChI=1S/C9H8FNO2/c1-13-9-5-8(12)6(2-3-11)4-7(9)10/h4-5,12H,2H2,1H3. The summed E-state index contributed by atoms with van der Waals surface area (Å²) < 4.78 is 17.6. The van der Waals surface area contributed by atoms with E-state index < -0.39 is 5.82 Å². The van der Waals surface area contributed by atoms with E-state index in [1.807, 2.05) is 6.07 Å². The quantitative estimate of drug-likeness (QED) is 0.754. The van der Waals surface area contributed by atoms with Crippen molar-refractivity contribution < 1.29 is 14.2 Å². The van der Waals surface area contributed by atoms with Gasteiger partial charge in [0.05, 0.1) is 19.6 Å². The summed E-state index contributed by atoms with van der Waals surface area (Å²) >= 11 is 0. The van der Waals surface area contributed by atoms with E-state index in [2.05, 4.69) is 4.74 Å². The normalized spacial score (nSPS) is 9.31. The maximum Gasteiger partial charge on any atom is 0.165 e. The second-order valence-corrected chi connectivity index (χ2v) is 2.45. The van der Waals surface area contributed by atoms with E-state index in [1.54, 1.807) is 0 Å². The van der Waals surface area contributed by atoms with Crippen LogP contribution in [0.1, 0.15) is 5.56 Å². The number of ether oxygens (including phenoxy) is 1. The van der Waals surface area contributed by atoms with E-state index in [4.69, 9.17) is 5.26 Å². The lowest BCUT2D eigenvalue weighted by molar-refractivity contribution is 0.379. The summed E-state index contributed by atoms with van der Waals surface area (Å²) in [6, 6.07) is 4.07. The number of rotatable bonds is 2. The molecule has 1 rings (SSSR count). The Kier molecular flexibility index (Phi) is 2.70. The van der Waals surface area contributed by atoms with Crippen LogP contribution in [0.15, 0.2) is 12.1 Å². The van der Waals surface area contributed by atoms with Gasteiger partial charge in [0.2, 0.25) is 0 Å². The Hall–Kier alpha value is -1.76. The number of halogens is 1. The monoisotopic (exact) mass is 181 g/mol. The predicted molar refractivity (Wildman–Crippen MR) is 43.9 cm³/mol. The molecular formula is C9H8FNO2. The van der Waals surface area contributed by atoms with Crippen molar-refractivity contribution in [3.8, 4) is 17.6 Å². The second kappa shape index (κ2) is 3.76. The number of benzene rings is 1. The molecular weight excluding hydrogens is 173 g/mol. The van der Waals surface area contributed by atoms with Gasteiger partial charge in [-0.05, 0) is 6.07 Å². The topological polar surface area (TPSA) is 53.2 Å². The molecule has 1 aromatic rings. The first-order chi connectivity index (χ1) is 6.19. The first-order valence-corrected chi connectivity index (χ1v) is 3.61. The fourth-order valence-corrected chi connectivity index (χ4v) is 0.967. The summed E-state index contributed by atoms with van der Waals surface area (Å²) in [5, 5.41) is 17.6. The largest absolute Gasteiger partial charge is 0.507 e. The fraction of sp³-hybridized carbons (Fsp3) is 0.222. The molecule has 0 amide bonds. The highest BCUT2D eigenvalue weighted by Gasteiger charge is 2.08. The van der Waals surface area contributed by atoms with Crippen molar-refractivity contribution in [3.05, 3.63) is 23.5 Å². The zero-order chi connectivity index (χ0) is 9.84. The van der Waals surface area contributed by atoms with Crippen LogP contribution >= 0.6 is 0 Å². The molecule has 0 radical (unpaired) electrons. The van der Waals surface area contributed by atoms with E-state index in [1.165, 1.54) is 7.11 Å². The number of phenolic OH excluding ortho intramolecular Hbond substituents is 1. The Labute approximate surface area is 75.0 Å². The number of nitrogens with zero attached hydrogens (tertiary/aromatic N) is 1. The predicted octanol–water partition coefficient (Wildman–Crippen LogP) is 1.61. The molecule has 0 aliphatic rings. The number of phenols is 1. The highest BCUT2D eigenvalue weighted by Crippen LogP contribution is 2.26. The summed E-state index contributed by atoms with van der Waals surface area (Å²) in [6.45, 7) is 0. The maximum atomic E-state index is 13.0. The van der Waals surface area contributed by atoms with Crippen LogP contribution in [-0.4, -0.2) is 12.2 Å². The van der Waals surface area contributed by atoms with Crippen LogP contribution in [0.3, 0.4) is 0 Å². The third kappa shape index (κ3) is 1.88. The van der Waals surface area contributed by atoms with Crippen molar-refractivity contribution in [2.75, 3.05) is 7.11 Å². The Morgan fingerprint density at radius 3 is 2.85 bits per heavy atom. The number of hydrogen-bond acceptors (Lipinski definition) is 3. The van der Waals surface area contributed by atoms with Crippen molar-refractivity contribution in [3.63, 3.8) is 0 Å². The fourth-order valence-electron chi connectivity index (χ4n) is 0.967. The Balaban J connectivity index is 3.14. The number of nitriles is 1. The smallest absolute Gasteiger partial charge is 0.165 e. The molecule has 0 heterocycles. The Bertz CT molecular complexity index is 357. The van der Waals surface area contributed by atoms with E-state index in [0.717, 1.165) is 12.1 Å². The van der Waals surface area contributed by atoms with Gasteiger partial charge in [0.15, 0.2) is 11.6 Å². The van der Waals surface area contributed by atoms with Crippen LogP contribution in [0.25, 0.3) is 0 Å². The maximum absolute atomic E-state index is 13.0. The third-order valence-corrected chi connectivity index (χ3v) is 1.62. The lowest BCUT2D eigenvalue weighted by Gasteiger charge is -2.05. The molecule has 0 fully saturated rings. The molecule has 0 aliphatic heterocycles. The van der Waals surface area contributed by atoms with Crippen molar-refractivity contribution in [2.24, 2.45) is 0 Å².